The minimum absolute atomic E-state index is 0.00141. The number of halogens is 1. The molecule has 0 spiro atoms. The molecule has 168 valence electrons. The Morgan fingerprint density at radius 2 is 1.97 bits per heavy atom. The first kappa shape index (κ1) is 22.5. The van der Waals surface area contributed by atoms with Gasteiger partial charge in [0.2, 0.25) is 15.2 Å². The highest BCUT2D eigenvalue weighted by atomic mass is 35.5. The first-order chi connectivity index (χ1) is 15.1. The number of fused-ring (bicyclic) bond motifs is 1. The Hall–Kier alpha value is -2.73. The maximum Gasteiger partial charge on any atom is 0.344 e. The van der Waals surface area contributed by atoms with Crippen LogP contribution in [0.4, 0.5) is 9.93 Å². The van der Waals surface area contributed by atoms with E-state index in [0.717, 1.165) is 30.7 Å². The Bertz CT molecular complexity index is 1270. The van der Waals surface area contributed by atoms with Crippen molar-refractivity contribution in [2.45, 2.75) is 6.10 Å². The SMILES string of the molecule is CN1CC(Oc2ccc(Cl)c(C(=O)NC(=O)N(c3nc4ccccc4s3)S(C)(=O)=O)c2)C1. The van der Waals surface area contributed by atoms with Gasteiger partial charge in [0.1, 0.15) is 11.9 Å². The first-order valence-electron chi connectivity index (χ1n) is 9.48. The van der Waals surface area contributed by atoms with Crippen LogP contribution in [0.25, 0.3) is 10.2 Å². The number of urea groups is 1. The summed E-state index contributed by atoms with van der Waals surface area (Å²) in [5, 5.41) is 2.11. The summed E-state index contributed by atoms with van der Waals surface area (Å²) in [6, 6.07) is 10.4. The number of carbonyl (C=O) groups is 2. The molecular formula is C20H19ClN4O5S2. The van der Waals surface area contributed by atoms with Gasteiger partial charge in [-0.25, -0.2) is 18.2 Å². The van der Waals surface area contributed by atoms with Crippen molar-refractivity contribution < 1.29 is 22.7 Å². The molecule has 9 nitrogen and oxygen atoms in total. The Balaban J connectivity index is 1.56. The van der Waals surface area contributed by atoms with Crippen LogP contribution in [0.1, 0.15) is 10.4 Å². The van der Waals surface area contributed by atoms with E-state index in [2.05, 4.69) is 15.2 Å². The Morgan fingerprint density at radius 3 is 2.62 bits per heavy atom. The Morgan fingerprint density at radius 1 is 1.25 bits per heavy atom. The molecule has 1 saturated heterocycles. The van der Waals surface area contributed by atoms with Gasteiger partial charge in [0.25, 0.3) is 5.91 Å². The third-order valence-electron chi connectivity index (χ3n) is 4.71. The normalized spacial score (nSPS) is 14.7. The number of ether oxygens (including phenoxy) is 1. The predicted molar refractivity (Wildman–Crippen MR) is 123 cm³/mol. The minimum atomic E-state index is -4.07. The number of para-hydroxylation sites is 1. The van der Waals surface area contributed by atoms with Crippen LogP contribution in [0, 0.1) is 0 Å². The lowest BCUT2D eigenvalue weighted by atomic mass is 10.1. The van der Waals surface area contributed by atoms with Gasteiger partial charge in [0, 0.05) is 13.1 Å². The summed E-state index contributed by atoms with van der Waals surface area (Å²) in [6.45, 7) is 1.52. The van der Waals surface area contributed by atoms with Gasteiger partial charge in [0.05, 0.1) is 27.1 Å². The van der Waals surface area contributed by atoms with Crippen LogP contribution in [0.3, 0.4) is 0 Å². The molecule has 1 N–H and O–H groups in total. The molecule has 12 heteroatoms. The van der Waals surface area contributed by atoms with E-state index < -0.39 is 22.0 Å². The van der Waals surface area contributed by atoms with E-state index >= 15 is 0 Å². The van der Waals surface area contributed by atoms with Crippen molar-refractivity contribution in [3.63, 3.8) is 0 Å². The molecule has 0 unspecified atom stereocenters. The second-order valence-corrected chi connectivity index (χ2v) is 10.6. The molecule has 0 atom stereocenters. The fourth-order valence-corrected chi connectivity index (χ4v) is 5.47. The Labute approximate surface area is 193 Å². The van der Waals surface area contributed by atoms with E-state index in [1.807, 2.05) is 7.05 Å². The molecule has 1 aliphatic heterocycles. The molecule has 1 aromatic heterocycles. The fourth-order valence-electron chi connectivity index (χ4n) is 3.20. The molecule has 0 bridgehead atoms. The van der Waals surface area contributed by atoms with Crippen molar-refractivity contribution >= 4 is 60.2 Å². The van der Waals surface area contributed by atoms with Crippen LogP contribution in [0.15, 0.2) is 42.5 Å². The summed E-state index contributed by atoms with van der Waals surface area (Å²) in [5.74, 6) is -0.429. The van der Waals surface area contributed by atoms with Crippen LogP contribution < -0.4 is 14.4 Å². The van der Waals surface area contributed by atoms with Gasteiger partial charge in [-0.05, 0) is 37.4 Å². The van der Waals surface area contributed by atoms with E-state index in [9.17, 15) is 18.0 Å². The molecule has 3 aromatic rings. The van der Waals surface area contributed by atoms with Crippen molar-refractivity contribution in [2.75, 3.05) is 30.7 Å². The molecule has 0 aliphatic carbocycles. The van der Waals surface area contributed by atoms with Crippen molar-refractivity contribution in [2.24, 2.45) is 0 Å². The molecule has 32 heavy (non-hydrogen) atoms. The zero-order valence-electron chi connectivity index (χ0n) is 17.1. The molecule has 0 saturated carbocycles. The molecular weight excluding hydrogens is 476 g/mol. The number of nitrogens with one attached hydrogen (secondary N) is 1. The second kappa shape index (κ2) is 8.66. The predicted octanol–water partition coefficient (Wildman–Crippen LogP) is 2.96. The molecule has 3 amide bonds. The molecule has 0 radical (unpaired) electrons. The number of carbonyl (C=O) groups excluding carboxylic acids is 2. The van der Waals surface area contributed by atoms with Crippen molar-refractivity contribution in [3.05, 3.63) is 53.1 Å². The van der Waals surface area contributed by atoms with Gasteiger partial charge in [-0.1, -0.05) is 35.1 Å². The summed E-state index contributed by atoms with van der Waals surface area (Å²) in [7, 11) is -2.11. The summed E-state index contributed by atoms with van der Waals surface area (Å²) < 4.78 is 31.7. The quantitative estimate of drug-likeness (QED) is 0.580. The zero-order chi connectivity index (χ0) is 23.0. The number of rotatable bonds is 5. The van der Waals surface area contributed by atoms with Gasteiger partial charge < -0.3 is 4.74 Å². The number of hydrogen-bond donors (Lipinski definition) is 1. The average Bonchev–Trinajstić information content (AvgIpc) is 3.10. The first-order valence-corrected chi connectivity index (χ1v) is 12.5. The smallest absolute Gasteiger partial charge is 0.344 e. The number of nitrogens with zero attached hydrogens (tertiary/aromatic N) is 3. The largest absolute Gasteiger partial charge is 0.488 e. The van der Waals surface area contributed by atoms with E-state index in [1.165, 1.54) is 12.1 Å². The fraction of sp³-hybridized carbons (Fsp3) is 0.250. The third kappa shape index (κ3) is 4.70. The van der Waals surface area contributed by atoms with Gasteiger partial charge in [-0.3, -0.25) is 15.0 Å². The number of anilines is 1. The summed E-state index contributed by atoms with van der Waals surface area (Å²) in [5.41, 5.74) is 0.526. The minimum Gasteiger partial charge on any atom is -0.488 e. The highest BCUT2D eigenvalue weighted by Crippen LogP contribution is 2.30. The number of imide groups is 1. The molecule has 2 heterocycles. The lowest BCUT2D eigenvalue weighted by molar-refractivity contribution is 0.0387. The number of likely N-dealkylation sites (tertiary alicyclic amines) is 1. The third-order valence-corrected chi connectivity index (χ3v) is 7.18. The summed E-state index contributed by atoms with van der Waals surface area (Å²) in [6.07, 6.45) is 0.860. The van der Waals surface area contributed by atoms with Crippen LogP contribution in [-0.4, -0.2) is 62.7 Å². The highest BCUT2D eigenvalue weighted by molar-refractivity contribution is 7.93. The molecule has 1 fully saturated rings. The number of sulfonamides is 1. The molecule has 1 aliphatic rings. The Kier molecular flexibility index (Phi) is 6.08. The second-order valence-electron chi connectivity index (χ2n) is 7.35. The maximum atomic E-state index is 12.8. The van der Waals surface area contributed by atoms with Gasteiger partial charge >= 0.3 is 6.03 Å². The number of benzene rings is 2. The van der Waals surface area contributed by atoms with Crippen molar-refractivity contribution in [1.82, 2.24) is 15.2 Å². The van der Waals surface area contributed by atoms with E-state index in [0.29, 0.717) is 20.3 Å². The maximum absolute atomic E-state index is 12.8. The van der Waals surface area contributed by atoms with Gasteiger partial charge in [-0.15, -0.1) is 0 Å². The molecule has 4 rings (SSSR count). The standard InChI is InChI=1S/C20H19ClN4O5S2/c1-24-10-13(11-24)30-12-7-8-15(21)14(9-12)18(26)23-19(27)25(32(2,28)29)20-22-16-5-3-4-6-17(16)31-20/h3-9,13H,10-11H2,1-2H3,(H,23,26,27). The number of likely N-dealkylation sites (N-methyl/N-ethyl adjacent to an activating group) is 1. The molecule has 2 aromatic carbocycles. The van der Waals surface area contributed by atoms with E-state index in [-0.39, 0.29) is 21.8 Å². The zero-order valence-corrected chi connectivity index (χ0v) is 19.5. The average molecular weight is 495 g/mol. The lowest BCUT2D eigenvalue weighted by Gasteiger charge is -2.36. The summed E-state index contributed by atoms with van der Waals surface area (Å²) in [4.78, 5) is 31.9. The lowest BCUT2D eigenvalue weighted by Crippen LogP contribution is -2.51. The van der Waals surface area contributed by atoms with Crippen LogP contribution >= 0.6 is 22.9 Å². The number of hydrogen-bond acceptors (Lipinski definition) is 8. The van der Waals surface area contributed by atoms with Crippen LogP contribution in [0.5, 0.6) is 5.75 Å². The highest BCUT2D eigenvalue weighted by Gasteiger charge is 2.31. The topological polar surface area (TPSA) is 109 Å². The monoisotopic (exact) mass is 494 g/mol. The summed E-state index contributed by atoms with van der Waals surface area (Å²) >= 11 is 7.16. The van der Waals surface area contributed by atoms with E-state index in [1.54, 1.807) is 30.3 Å². The number of aromatic nitrogens is 1. The van der Waals surface area contributed by atoms with E-state index in [4.69, 9.17) is 16.3 Å². The van der Waals surface area contributed by atoms with Crippen molar-refractivity contribution in [3.8, 4) is 5.75 Å². The number of amides is 3. The van der Waals surface area contributed by atoms with Crippen LogP contribution in [-0.2, 0) is 10.0 Å². The van der Waals surface area contributed by atoms with Crippen molar-refractivity contribution in [1.29, 1.82) is 0 Å². The van der Waals surface area contributed by atoms with Gasteiger partial charge in [-0.2, -0.15) is 4.31 Å². The van der Waals surface area contributed by atoms with Gasteiger partial charge in [0.15, 0.2) is 0 Å². The number of thiazole rings is 1. The van der Waals surface area contributed by atoms with Crippen LogP contribution in [0.2, 0.25) is 5.02 Å².